The van der Waals surface area contributed by atoms with Gasteiger partial charge < -0.3 is 15.5 Å². The summed E-state index contributed by atoms with van der Waals surface area (Å²) in [5, 5.41) is 6.23. The van der Waals surface area contributed by atoms with Crippen LogP contribution in [0, 0.1) is 11.6 Å². The normalized spacial score (nSPS) is 13.4. The zero-order chi connectivity index (χ0) is 15.8. The summed E-state index contributed by atoms with van der Waals surface area (Å²) in [6, 6.07) is 3.50. The van der Waals surface area contributed by atoms with E-state index in [0.29, 0.717) is 12.5 Å². The molecule has 0 aromatic heterocycles. The number of likely N-dealkylation sites (N-methyl/N-ethyl adjacent to an activating group) is 1. The molecule has 21 heavy (non-hydrogen) atoms. The minimum absolute atomic E-state index is 0.0703. The third kappa shape index (κ3) is 4.97. The summed E-state index contributed by atoms with van der Waals surface area (Å²) in [4.78, 5) is 5.86. The molecule has 0 bridgehead atoms. The van der Waals surface area contributed by atoms with Crippen molar-refractivity contribution < 1.29 is 8.78 Å². The standard InChI is InChI=1S/C15H24F2N4/c1-5-9-19-15(18-2)20-10-13(21(3)4)14-11(16)7-6-8-12(14)17/h6-8,13H,5,9-10H2,1-4H3,(H2,18,19,20). The summed E-state index contributed by atoms with van der Waals surface area (Å²) >= 11 is 0. The molecule has 0 saturated heterocycles. The Bertz CT molecular complexity index is 454. The van der Waals surface area contributed by atoms with Gasteiger partial charge in [0.2, 0.25) is 0 Å². The molecule has 1 aromatic carbocycles. The van der Waals surface area contributed by atoms with E-state index < -0.39 is 17.7 Å². The van der Waals surface area contributed by atoms with E-state index in [-0.39, 0.29) is 5.56 Å². The summed E-state index contributed by atoms with van der Waals surface area (Å²) in [5.41, 5.74) is 0.0703. The van der Waals surface area contributed by atoms with Gasteiger partial charge >= 0.3 is 0 Å². The Morgan fingerprint density at radius 1 is 1.24 bits per heavy atom. The summed E-state index contributed by atoms with van der Waals surface area (Å²) < 4.78 is 27.9. The number of hydrogen-bond acceptors (Lipinski definition) is 2. The molecule has 0 fully saturated rings. The van der Waals surface area contributed by atoms with Crippen LogP contribution in [0.4, 0.5) is 8.78 Å². The van der Waals surface area contributed by atoms with Gasteiger partial charge in [-0.25, -0.2) is 8.78 Å². The molecule has 0 aliphatic rings. The monoisotopic (exact) mass is 298 g/mol. The molecule has 118 valence electrons. The van der Waals surface area contributed by atoms with Gasteiger partial charge in [-0.05, 0) is 32.6 Å². The zero-order valence-corrected chi connectivity index (χ0v) is 13.1. The highest BCUT2D eigenvalue weighted by molar-refractivity contribution is 5.79. The molecule has 0 radical (unpaired) electrons. The summed E-state index contributed by atoms with van der Waals surface area (Å²) in [6.45, 7) is 3.20. The highest BCUT2D eigenvalue weighted by Gasteiger charge is 2.22. The lowest BCUT2D eigenvalue weighted by Gasteiger charge is -2.26. The van der Waals surface area contributed by atoms with Crippen LogP contribution >= 0.6 is 0 Å². The SMILES string of the molecule is CCCNC(=NC)NCC(c1c(F)cccc1F)N(C)C. The molecule has 1 atom stereocenters. The lowest BCUT2D eigenvalue weighted by Crippen LogP contribution is -2.42. The number of halogens is 2. The van der Waals surface area contributed by atoms with E-state index in [4.69, 9.17) is 0 Å². The minimum atomic E-state index is -0.535. The highest BCUT2D eigenvalue weighted by Crippen LogP contribution is 2.23. The van der Waals surface area contributed by atoms with Crippen molar-refractivity contribution in [3.05, 3.63) is 35.4 Å². The highest BCUT2D eigenvalue weighted by atomic mass is 19.1. The second-order valence-corrected chi connectivity index (χ2v) is 4.99. The van der Waals surface area contributed by atoms with Crippen molar-refractivity contribution in [3.8, 4) is 0 Å². The van der Waals surface area contributed by atoms with Crippen LogP contribution in [0.25, 0.3) is 0 Å². The number of rotatable bonds is 6. The predicted octanol–water partition coefficient (Wildman–Crippen LogP) is 2.14. The van der Waals surface area contributed by atoms with Crippen molar-refractivity contribution in [2.75, 3.05) is 34.2 Å². The van der Waals surface area contributed by atoms with E-state index in [1.807, 2.05) is 0 Å². The van der Waals surface area contributed by atoms with E-state index in [2.05, 4.69) is 22.5 Å². The van der Waals surface area contributed by atoms with Crippen LogP contribution in [-0.2, 0) is 0 Å². The first kappa shape index (κ1) is 17.4. The number of nitrogens with one attached hydrogen (secondary N) is 2. The Hall–Kier alpha value is -1.69. The first-order valence-corrected chi connectivity index (χ1v) is 7.06. The molecule has 0 aliphatic heterocycles. The average molecular weight is 298 g/mol. The second kappa shape index (κ2) is 8.56. The minimum Gasteiger partial charge on any atom is -0.356 e. The fourth-order valence-electron chi connectivity index (χ4n) is 2.03. The summed E-state index contributed by atoms with van der Waals surface area (Å²) in [5.74, 6) is -0.445. The van der Waals surface area contributed by atoms with Crippen LogP contribution in [0.5, 0.6) is 0 Å². The van der Waals surface area contributed by atoms with Crippen molar-refractivity contribution >= 4 is 5.96 Å². The Labute approximate surface area is 125 Å². The molecule has 0 spiro atoms. The van der Waals surface area contributed by atoms with Crippen LogP contribution in [0.3, 0.4) is 0 Å². The Kier molecular flexibility index (Phi) is 7.08. The van der Waals surface area contributed by atoms with Gasteiger partial charge in [-0.3, -0.25) is 4.99 Å². The van der Waals surface area contributed by atoms with Crippen LogP contribution < -0.4 is 10.6 Å². The predicted molar refractivity (Wildman–Crippen MR) is 82.4 cm³/mol. The largest absolute Gasteiger partial charge is 0.356 e. The fraction of sp³-hybridized carbons (Fsp3) is 0.533. The van der Waals surface area contributed by atoms with Crippen LogP contribution in [0.2, 0.25) is 0 Å². The molecule has 6 heteroatoms. The number of benzene rings is 1. The van der Waals surface area contributed by atoms with Crippen LogP contribution in [0.15, 0.2) is 23.2 Å². The quantitative estimate of drug-likeness (QED) is 0.624. The Morgan fingerprint density at radius 2 is 1.86 bits per heavy atom. The van der Waals surface area contributed by atoms with Gasteiger partial charge in [-0.15, -0.1) is 0 Å². The van der Waals surface area contributed by atoms with Crippen molar-refractivity contribution in [2.24, 2.45) is 4.99 Å². The van der Waals surface area contributed by atoms with Gasteiger partial charge in [0.15, 0.2) is 5.96 Å². The maximum Gasteiger partial charge on any atom is 0.191 e. The molecule has 4 nitrogen and oxygen atoms in total. The van der Waals surface area contributed by atoms with E-state index in [9.17, 15) is 8.78 Å². The average Bonchev–Trinajstić information content (AvgIpc) is 2.44. The number of nitrogens with zero attached hydrogens (tertiary/aromatic N) is 2. The molecule has 2 N–H and O–H groups in total. The Balaban J connectivity index is 2.84. The third-order valence-electron chi connectivity index (χ3n) is 3.19. The summed E-state index contributed by atoms with van der Waals surface area (Å²) in [6.07, 6.45) is 0.972. The van der Waals surface area contributed by atoms with Gasteiger partial charge in [-0.1, -0.05) is 13.0 Å². The molecule has 0 amide bonds. The van der Waals surface area contributed by atoms with Gasteiger partial charge in [0.1, 0.15) is 11.6 Å². The van der Waals surface area contributed by atoms with E-state index in [1.54, 1.807) is 26.0 Å². The number of guanidine groups is 1. The van der Waals surface area contributed by atoms with Crippen LogP contribution in [-0.4, -0.2) is 45.1 Å². The van der Waals surface area contributed by atoms with Crippen LogP contribution in [0.1, 0.15) is 24.9 Å². The second-order valence-electron chi connectivity index (χ2n) is 4.99. The molecular formula is C15H24F2N4. The smallest absolute Gasteiger partial charge is 0.191 e. The topological polar surface area (TPSA) is 39.7 Å². The maximum absolute atomic E-state index is 13.9. The van der Waals surface area contributed by atoms with Gasteiger partial charge in [-0.2, -0.15) is 0 Å². The third-order valence-corrected chi connectivity index (χ3v) is 3.19. The van der Waals surface area contributed by atoms with Crippen molar-refractivity contribution in [1.82, 2.24) is 15.5 Å². The first-order chi connectivity index (χ1) is 10.0. The molecule has 1 aromatic rings. The van der Waals surface area contributed by atoms with E-state index in [1.165, 1.54) is 18.2 Å². The molecule has 0 saturated carbocycles. The van der Waals surface area contributed by atoms with Crippen molar-refractivity contribution in [2.45, 2.75) is 19.4 Å². The lowest BCUT2D eigenvalue weighted by atomic mass is 10.0. The summed E-state index contributed by atoms with van der Waals surface area (Å²) in [7, 11) is 5.25. The fourth-order valence-corrected chi connectivity index (χ4v) is 2.03. The molecule has 0 aliphatic carbocycles. The van der Waals surface area contributed by atoms with Gasteiger partial charge in [0.25, 0.3) is 0 Å². The van der Waals surface area contributed by atoms with Gasteiger partial charge in [0, 0.05) is 25.7 Å². The van der Waals surface area contributed by atoms with Crippen molar-refractivity contribution in [3.63, 3.8) is 0 Å². The number of hydrogen-bond donors (Lipinski definition) is 2. The molecule has 1 rings (SSSR count). The zero-order valence-electron chi connectivity index (χ0n) is 13.1. The molecule has 1 unspecified atom stereocenters. The number of aliphatic imine (C=N–C) groups is 1. The Morgan fingerprint density at radius 3 is 2.33 bits per heavy atom. The molecule has 0 heterocycles. The van der Waals surface area contributed by atoms with E-state index in [0.717, 1.165) is 13.0 Å². The molecular weight excluding hydrogens is 274 g/mol. The lowest BCUT2D eigenvalue weighted by molar-refractivity contribution is 0.282. The van der Waals surface area contributed by atoms with Crippen molar-refractivity contribution in [1.29, 1.82) is 0 Å². The van der Waals surface area contributed by atoms with E-state index >= 15 is 0 Å². The maximum atomic E-state index is 13.9. The van der Waals surface area contributed by atoms with Gasteiger partial charge in [0.05, 0.1) is 6.04 Å². The first-order valence-electron chi connectivity index (χ1n) is 7.06.